The zero-order chi connectivity index (χ0) is 22.5. The lowest BCUT2D eigenvalue weighted by Gasteiger charge is -2.08. The Bertz CT molecular complexity index is 1470. The first-order valence-corrected chi connectivity index (χ1v) is 12.8. The summed E-state index contributed by atoms with van der Waals surface area (Å²) in [5.74, 6) is 1.52. The lowest BCUT2D eigenvalue weighted by Crippen LogP contribution is -2.24. The highest BCUT2D eigenvalue weighted by molar-refractivity contribution is 7.21. The van der Waals surface area contributed by atoms with Crippen LogP contribution in [-0.4, -0.2) is 27.0 Å². The van der Waals surface area contributed by atoms with Gasteiger partial charge in [-0.15, -0.1) is 22.7 Å². The molecule has 1 N–H and O–H groups in total. The fraction of sp³-hybridized carbons (Fsp3) is 0.333. The first-order valence-electron chi connectivity index (χ1n) is 11.1. The molecule has 2 aliphatic rings. The summed E-state index contributed by atoms with van der Waals surface area (Å²) in [6, 6.07) is 6.06. The highest BCUT2D eigenvalue weighted by atomic mass is 32.1. The van der Waals surface area contributed by atoms with Crippen LogP contribution in [-0.2, 0) is 19.4 Å². The van der Waals surface area contributed by atoms with E-state index in [9.17, 15) is 9.59 Å². The molecule has 5 heterocycles. The fourth-order valence-corrected chi connectivity index (χ4v) is 6.39. The minimum Gasteiger partial charge on any atom is -0.493 e. The molecule has 7 nitrogen and oxygen atoms in total. The van der Waals surface area contributed by atoms with Gasteiger partial charge >= 0.3 is 0 Å². The number of carbonyl (C=O) groups is 1. The van der Waals surface area contributed by atoms with E-state index in [1.807, 2.05) is 24.4 Å². The van der Waals surface area contributed by atoms with Gasteiger partial charge in [0.15, 0.2) is 5.13 Å². The van der Waals surface area contributed by atoms with E-state index in [1.165, 1.54) is 28.2 Å². The van der Waals surface area contributed by atoms with E-state index in [0.29, 0.717) is 38.9 Å². The number of ether oxygens (including phenoxy) is 1. The van der Waals surface area contributed by atoms with E-state index in [1.54, 1.807) is 4.57 Å². The number of benzene rings is 1. The largest absolute Gasteiger partial charge is 0.493 e. The molecule has 0 saturated heterocycles. The maximum Gasteiger partial charge on any atom is 0.267 e. The van der Waals surface area contributed by atoms with Crippen LogP contribution in [0.5, 0.6) is 5.75 Å². The molecule has 0 saturated carbocycles. The quantitative estimate of drug-likeness (QED) is 0.457. The molecular weight excluding hydrogens is 456 g/mol. The van der Waals surface area contributed by atoms with Gasteiger partial charge in [-0.1, -0.05) is 6.42 Å². The van der Waals surface area contributed by atoms with Gasteiger partial charge in [-0.05, 0) is 49.1 Å². The molecule has 9 heteroatoms. The number of thiazole rings is 1. The third-order valence-corrected chi connectivity index (χ3v) is 8.27. The first kappa shape index (κ1) is 20.6. The maximum absolute atomic E-state index is 13.2. The molecule has 0 radical (unpaired) electrons. The van der Waals surface area contributed by atoms with Crippen molar-refractivity contribution in [3.8, 4) is 17.0 Å². The summed E-state index contributed by atoms with van der Waals surface area (Å²) < 4.78 is 7.37. The summed E-state index contributed by atoms with van der Waals surface area (Å²) in [4.78, 5) is 36.8. The number of hydrogen-bond donors (Lipinski definition) is 1. The highest BCUT2D eigenvalue weighted by Gasteiger charge is 2.23. The lowest BCUT2D eigenvalue weighted by molar-refractivity contribution is 0.103. The van der Waals surface area contributed by atoms with Crippen LogP contribution in [0.2, 0.25) is 0 Å². The van der Waals surface area contributed by atoms with Crippen molar-refractivity contribution in [1.29, 1.82) is 0 Å². The molecule has 0 fully saturated rings. The van der Waals surface area contributed by atoms with Gasteiger partial charge in [-0.25, -0.2) is 9.97 Å². The van der Waals surface area contributed by atoms with Crippen LogP contribution >= 0.6 is 22.7 Å². The van der Waals surface area contributed by atoms with Crippen molar-refractivity contribution in [3.63, 3.8) is 0 Å². The summed E-state index contributed by atoms with van der Waals surface area (Å²) in [5.41, 5.74) is 3.68. The van der Waals surface area contributed by atoms with Gasteiger partial charge in [-0.3, -0.25) is 19.5 Å². The Kier molecular flexibility index (Phi) is 5.03. The van der Waals surface area contributed by atoms with E-state index in [-0.39, 0.29) is 11.5 Å². The number of hydrogen-bond acceptors (Lipinski definition) is 7. The Hall–Kier alpha value is -3.04. The van der Waals surface area contributed by atoms with Crippen LogP contribution in [0.15, 0.2) is 28.4 Å². The van der Waals surface area contributed by atoms with Crippen molar-refractivity contribution >= 4 is 43.9 Å². The van der Waals surface area contributed by atoms with Crippen LogP contribution < -0.4 is 15.6 Å². The predicted molar refractivity (Wildman–Crippen MR) is 131 cm³/mol. The van der Waals surface area contributed by atoms with Crippen LogP contribution in [0.4, 0.5) is 5.13 Å². The zero-order valence-corrected chi connectivity index (χ0v) is 19.8. The molecule has 0 atom stereocenters. The summed E-state index contributed by atoms with van der Waals surface area (Å²) in [7, 11) is 0. The monoisotopic (exact) mass is 478 g/mol. The molecule has 1 amide bonds. The molecule has 4 aromatic rings. The normalized spacial score (nSPS) is 15.1. The number of aromatic nitrogens is 3. The Balaban J connectivity index is 1.29. The van der Waals surface area contributed by atoms with Crippen LogP contribution in [0.3, 0.4) is 0 Å². The lowest BCUT2D eigenvalue weighted by atomic mass is 10.1. The maximum atomic E-state index is 13.2. The first-order chi connectivity index (χ1) is 16.1. The van der Waals surface area contributed by atoms with Gasteiger partial charge in [-0.2, -0.15) is 0 Å². The molecule has 6 rings (SSSR count). The Morgan fingerprint density at radius 2 is 2.09 bits per heavy atom. The molecule has 0 aliphatic carbocycles. The smallest absolute Gasteiger partial charge is 0.267 e. The molecule has 1 aromatic carbocycles. The number of carbonyl (C=O) groups excluding carboxylic acids is 1. The number of nitrogens with zero attached hydrogens (tertiary/aromatic N) is 3. The number of rotatable bonds is 3. The van der Waals surface area contributed by atoms with Gasteiger partial charge in [0.05, 0.1) is 22.6 Å². The number of anilines is 1. The summed E-state index contributed by atoms with van der Waals surface area (Å²) in [6.45, 7) is 3.25. The molecule has 0 unspecified atom stereocenters. The zero-order valence-electron chi connectivity index (χ0n) is 18.1. The van der Waals surface area contributed by atoms with E-state index >= 15 is 0 Å². The topological polar surface area (TPSA) is 86.1 Å². The average Bonchev–Trinajstić information content (AvgIpc) is 3.49. The number of amides is 1. The summed E-state index contributed by atoms with van der Waals surface area (Å²) in [5, 5.41) is 5.96. The van der Waals surface area contributed by atoms with Gasteiger partial charge in [0.25, 0.3) is 11.5 Å². The number of thiophene rings is 1. The highest BCUT2D eigenvalue weighted by Crippen LogP contribution is 2.33. The number of aryl methyl sites for hydroxylation is 2. The van der Waals surface area contributed by atoms with Crippen LogP contribution in [0.1, 0.15) is 45.9 Å². The van der Waals surface area contributed by atoms with Gasteiger partial charge < -0.3 is 4.74 Å². The van der Waals surface area contributed by atoms with Crippen LogP contribution in [0, 0.1) is 6.92 Å². The molecule has 33 heavy (non-hydrogen) atoms. The second-order valence-electron chi connectivity index (χ2n) is 8.44. The van der Waals surface area contributed by atoms with Crippen molar-refractivity contribution < 1.29 is 9.53 Å². The average molecular weight is 479 g/mol. The SMILES string of the molecule is Cc1c(C(=O)Nc2nc(-c3ccc4c(c3)CCO4)cs2)sc2nc3n(c(=O)c12)CCCCC3. The van der Waals surface area contributed by atoms with Crippen molar-refractivity contribution in [1.82, 2.24) is 14.5 Å². The van der Waals surface area contributed by atoms with Gasteiger partial charge in [0.2, 0.25) is 0 Å². The molecule has 2 aliphatic heterocycles. The van der Waals surface area contributed by atoms with Crippen molar-refractivity contribution in [2.45, 2.75) is 45.6 Å². The molecule has 0 bridgehead atoms. The predicted octanol–water partition coefficient (Wildman–Crippen LogP) is 4.80. The molecular formula is C24H22N4O3S2. The van der Waals surface area contributed by atoms with Gasteiger partial charge in [0.1, 0.15) is 16.4 Å². The number of nitrogens with one attached hydrogen (secondary N) is 1. The third kappa shape index (κ3) is 3.55. The Morgan fingerprint density at radius 3 is 3.00 bits per heavy atom. The third-order valence-electron chi connectivity index (χ3n) is 6.33. The van der Waals surface area contributed by atoms with E-state index in [0.717, 1.165) is 54.9 Å². The summed E-state index contributed by atoms with van der Waals surface area (Å²) in [6.07, 6.45) is 4.84. The standard InChI is InChI=1S/C24H22N4O3S2/c1-13-19-22(26-18-5-3-2-4-9-28(18)23(19)30)33-20(13)21(29)27-24-25-16(12-32-24)14-6-7-17-15(11-14)8-10-31-17/h6-7,11-12H,2-5,8-10H2,1H3,(H,25,27,29). The molecule has 3 aromatic heterocycles. The van der Waals surface area contributed by atoms with Crippen LogP contribution in [0.25, 0.3) is 21.5 Å². The van der Waals surface area contributed by atoms with Crippen molar-refractivity contribution in [2.75, 3.05) is 11.9 Å². The Labute approximate surface area is 198 Å². The van der Waals surface area contributed by atoms with E-state index in [2.05, 4.69) is 16.4 Å². The molecule has 168 valence electrons. The minimum absolute atomic E-state index is 0.0261. The summed E-state index contributed by atoms with van der Waals surface area (Å²) >= 11 is 2.68. The second-order valence-corrected chi connectivity index (χ2v) is 10.3. The van der Waals surface area contributed by atoms with Crippen molar-refractivity contribution in [2.24, 2.45) is 0 Å². The number of fused-ring (bicyclic) bond motifs is 3. The fourth-order valence-electron chi connectivity index (χ4n) is 4.59. The van der Waals surface area contributed by atoms with Gasteiger partial charge in [0, 0.05) is 30.3 Å². The van der Waals surface area contributed by atoms with Crippen molar-refractivity contribution in [3.05, 3.63) is 55.8 Å². The second kappa shape index (κ2) is 8.07. The van der Waals surface area contributed by atoms with E-state index < -0.39 is 0 Å². The van der Waals surface area contributed by atoms with E-state index in [4.69, 9.17) is 9.72 Å². The Morgan fingerprint density at radius 1 is 1.18 bits per heavy atom. The minimum atomic E-state index is -0.252. The molecule has 0 spiro atoms.